The lowest BCUT2D eigenvalue weighted by molar-refractivity contribution is 0.0997. The SMILES string of the molecule is CCOc1ccc(C(=O)c2oc3ccccc3c2NCC(=O)c2cccc(S(=O)(=O)N3CCCC3)c2)cc1. The summed E-state index contributed by atoms with van der Waals surface area (Å²) in [5, 5.41) is 3.75. The Morgan fingerprint density at radius 2 is 1.68 bits per heavy atom. The van der Waals surface area contributed by atoms with Gasteiger partial charge in [0.2, 0.25) is 15.8 Å². The number of sulfonamides is 1. The Hall–Kier alpha value is -3.95. The lowest BCUT2D eigenvalue weighted by Crippen LogP contribution is -2.28. The molecule has 38 heavy (non-hydrogen) atoms. The average molecular weight is 533 g/mol. The Kier molecular flexibility index (Phi) is 7.31. The summed E-state index contributed by atoms with van der Waals surface area (Å²) < 4.78 is 38.7. The van der Waals surface area contributed by atoms with Gasteiger partial charge in [0, 0.05) is 29.6 Å². The Morgan fingerprint density at radius 1 is 0.947 bits per heavy atom. The van der Waals surface area contributed by atoms with Crippen molar-refractivity contribution in [2.45, 2.75) is 24.7 Å². The number of hydrogen-bond donors (Lipinski definition) is 1. The Balaban J connectivity index is 1.39. The molecule has 0 radical (unpaired) electrons. The predicted octanol–water partition coefficient (Wildman–Crippen LogP) is 5.14. The number of rotatable bonds is 10. The van der Waals surface area contributed by atoms with Crippen molar-refractivity contribution < 1.29 is 27.2 Å². The van der Waals surface area contributed by atoms with Crippen LogP contribution in [0.2, 0.25) is 0 Å². The van der Waals surface area contributed by atoms with Gasteiger partial charge in [0.1, 0.15) is 11.3 Å². The molecular weight excluding hydrogens is 504 g/mol. The van der Waals surface area contributed by atoms with Gasteiger partial charge in [-0.1, -0.05) is 24.3 Å². The molecule has 5 rings (SSSR count). The van der Waals surface area contributed by atoms with Crippen molar-refractivity contribution in [3.63, 3.8) is 0 Å². The summed E-state index contributed by atoms with van der Waals surface area (Å²) in [7, 11) is -3.65. The van der Waals surface area contributed by atoms with Gasteiger partial charge in [-0.05, 0) is 68.3 Å². The van der Waals surface area contributed by atoms with E-state index in [1.807, 2.05) is 19.1 Å². The summed E-state index contributed by atoms with van der Waals surface area (Å²) >= 11 is 0. The molecule has 2 heterocycles. The van der Waals surface area contributed by atoms with E-state index in [-0.39, 0.29) is 34.3 Å². The number of furan rings is 1. The number of nitrogens with zero attached hydrogens (tertiary/aromatic N) is 1. The number of nitrogens with one attached hydrogen (secondary N) is 1. The number of Topliss-reactive ketones (excluding diaryl/α,β-unsaturated/α-hetero) is 1. The minimum atomic E-state index is -3.65. The van der Waals surface area contributed by atoms with E-state index in [2.05, 4.69) is 5.32 Å². The van der Waals surface area contributed by atoms with Crippen LogP contribution in [0.4, 0.5) is 5.69 Å². The fourth-order valence-electron chi connectivity index (χ4n) is 4.56. The topological polar surface area (TPSA) is 106 Å². The van der Waals surface area contributed by atoms with Gasteiger partial charge in [0.25, 0.3) is 0 Å². The van der Waals surface area contributed by atoms with Crippen LogP contribution in [0.5, 0.6) is 5.75 Å². The summed E-state index contributed by atoms with van der Waals surface area (Å²) in [6.07, 6.45) is 1.66. The molecule has 1 aromatic heterocycles. The minimum absolute atomic E-state index is 0.0912. The van der Waals surface area contributed by atoms with E-state index in [4.69, 9.17) is 9.15 Å². The molecule has 1 saturated heterocycles. The Bertz CT molecular complexity index is 1590. The van der Waals surface area contributed by atoms with Crippen molar-refractivity contribution in [3.8, 4) is 5.75 Å². The molecule has 0 amide bonds. The highest BCUT2D eigenvalue weighted by atomic mass is 32.2. The van der Waals surface area contributed by atoms with Crippen LogP contribution in [0.1, 0.15) is 46.2 Å². The average Bonchev–Trinajstić information content (AvgIpc) is 3.61. The summed E-state index contributed by atoms with van der Waals surface area (Å²) in [6, 6.07) is 20.1. The van der Waals surface area contributed by atoms with Crippen molar-refractivity contribution >= 4 is 38.2 Å². The first-order valence-electron chi connectivity index (χ1n) is 12.5. The summed E-state index contributed by atoms with van der Waals surface area (Å²) in [5.74, 6) is 0.103. The molecule has 9 heteroatoms. The fraction of sp³-hybridized carbons (Fsp3) is 0.241. The van der Waals surface area contributed by atoms with E-state index < -0.39 is 10.0 Å². The predicted molar refractivity (Wildman–Crippen MR) is 145 cm³/mol. The second-order valence-electron chi connectivity index (χ2n) is 9.00. The second-order valence-corrected chi connectivity index (χ2v) is 10.9. The van der Waals surface area contributed by atoms with Gasteiger partial charge in [-0.2, -0.15) is 4.31 Å². The number of ether oxygens (including phenoxy) is 1. The van der Waals surface area contributed by atoms with Gasteiger partial charge in [-0.15, -0.1) is 0 Å². The van der Waals surface area contributed by atoms with E-state index >= 15 is 0 Å². The number of carbonyl (C=O) groups is 2. The second kappa shape index (κ2) is 10.8. The molecule has 8 nitrogen and oxygen atoms in total. The van der Waals surface area contributed by atoms with Crippen molar-refractivity contribution in [3.05, 3.63) is 89.7 Å². The maximum absolute atomic E-state index is 13.4. The zero-order chi connectivity index (χ0) is 26.7. The number of hydrogen-bond acceptors (Lipinski definition) is 7. The third-order valence-electron chi connectivity index (χ3n) is 6.51. The monoisotopic (exact) mass is 532 g/mol. The number of para-hydroxylation sites is 1. The normalized spacial score (nSPS) is 14.0. The van der Waals surface area contributed by atoms with Crippen LogP contribution >= 0.6 is 0 Å². The van der Waals surface area contributed by atoms with E-state index in [1.165, 1.54) is 16.4 Å². The molecule has 1 N–H and O–H groups in total. The quantitative estimate of drug-likeness (QED) is 0.282. The number of carbonyl (C=O) groups excluding carboxylic acids is 2. The van der Waals surface area contributed by atoms with Crippen LogP contribution < -0.4 is 10.1 Å². The highest BCUT2D eigenvalue weighted by molar-refractivity contribution is 7.89. The van der Waals surface area contributed by atoms with Gasteiger partial charge >= 0.3 is 0 Å². The van der Waals surface area contributed by atoms with Crippen molar-refractivity contribution in [1.29, 1.82) is 0 Å². The van der Waals surface area contributed by atoms with E-state index in [9.17, 15) is 18.0 Å². The molecule has 3 aromatic carbocycles. The van der Waals surface area contributed by atoms with Gasteiger partial charge in [-0.3, -0.25) is 9.59 Å². The molecule has 1 aliphatic heterocycles. The fourth-order valence-corrected chi connectivity index (χ4v) is 6.12. The standard InChI is InChI=1S/C29H28N2O6S/c1-2-36-22-14-12-20(13-15-22)28(33)29-27(24-10-3-4-11-26(24)37-29)30-19-25(32)21-8-7-9-23(18-21)38(34,35)31-16-5-6-17-31/h3-4,7-15,18,30H,2,5-6,16-17,19H2,1H3. The molecule has 0 bridgehead atoms. The number of ketones is 2. The van der Waals surface area contributed by atoms with Crippen LogP contribution in [-0.2, 0) is 10.0 Å². The van der Waals surface area contributed by atoms with Gasteiger partial charge in [-0.25, -0.2) is 8.42 Å². The first-order chi connectivity index (χ1) is 18.4. The van der Waals surface area contributed by atoms with E-state index in [1.54, 1.807) is 48.5 Å². The number of fused-ring (bicyclic) bond motifs is 1. The van der Waals surface area contributed by atoms with Crippen LogP contribution in [0.25, 0.3) is 11.0 Å². The maximum atomic E-state index is 13.4. The number of benzene rings is 3. The first kappa shape index (κ1) is 25.7. The van der Waals surface area contributed by atoms with E-state index in [0.29, 0.717) is 47.7 Å². The van der Waals surface area contributed by atoms with Crippen molar-refractivity contribution in [2.75, 3.05) is 31.6 Å². The number of anilines is 1. The molecule has 0 aliphatic carbocycles. The molecule has 0 saturated carbocycles. The molecule has 0 unspecified atom stereocenters. The van der Waals surface area contributed by atoms with Crippen LogP contribution in [0.15, 0.2) is 82.1 Å². The largest absolute Gasteiger partial charge is 0.494 e. The lowest BCUT2D eigenvalue weighted by Gasteiger charge is -2.16. The van der Waals surface area contributed by atoms with Crippen molar-refractivity contribution in [2.24, 2.45) is 0 Å². The molecule has 0 atom stereocenters. The summed E-state index contributed by atoms with van der Waals surface area (Å²) in [4.78, 5) is 26.6. The van der Waals surface area contributed by atoms with Crippen LogP contribution in [0.3, 0.4) is 0 Å². The Morgan fingerprint density at radius 3 is 2.42 bits per heavy atom. The molecule has 1 aliphatic rings. The molecular formula is C29H28N2O6S. The van der Waals surface area contributed by atoms with Gasteiger partial charge in [0.05, 0.1) is 23.7 Å². The third-order valence-corrected chi connectivity index (χ3v) is 8.41. The van der Waals surface area contributed by atoms with E-state index in [0.717, 1.165) is 12.8 Å². The Labute approximate surface area is 221 Å². The van der Waals surface area contributed by atoms with Crippen molar-refractivity contribution in [1.82, 2.24) is 4.31 Å². The molecule has 1 fully saturated rings. The highest BCUT2D eigenvalue weighted by Gasteiger charge is 2.28. The molecule has 0 spiro atoms. The lowest BCUT2D eigenvalue weighted by atomic mass is 10.1. The highest BCUT2D eigenvalue weighted by Crippen LogP contribution is 2.33. The summed E-state index contributed by atoms with van der Waals surface area (Å²) in [6.45, 7) is 3.23. The van der Waals surface area contributed by atoms with Crippen LogP contribution in [-0.4, -0.2) is 50.5 Å². The first-order valence-corrected chi connectivity index (χ1v) is 14.0. The minimum Gasteiger partial charge on any atom is -0.494 e. The van der Waals surface area contributed by atoms with Gasteiger partial charge in [0.15, 0.2) is 11.5 Å². The molecule has 4 aromatic rings. The van der Waals surface area contributed by atoms with Gasteiger partial charge < -0.3 is 14.5 Å². The maximum Gasteiger partial charge on any atom is 0.243 e. The zero-order valence-electron chi connectivity index (χ0n) is 21.0. The third kappa shape index (κ3) is 5.07. The van der Waals surface area contributed by atoms with Crippen LogP contribution in [0, 0.1) is 0 Å². The zero-order valence-corrected chi connectivity index (χ0v) is 21.8. The summed E-state index contributed by atoms with van der Waals surface area (Å²) in [5.41, 5.74) is 1.61. The molecule has 196 valence electrons. The smallest absolute Gasteiger partial charge is 0.243 e.